The highest BCUT2D eigenvalue weighted by atomic mass is 16.5. The highest BCUT2D eigenvalue weighted by molar-refractivity contribution is 5.96. The third-order valence-corrected chi connectivity index (χ3v) is 10.0. The summed E-state index contributed by atoms with van der Waals surface area (Å²) in [7, 11) is 0. The molecule has 6 fully saturated rings. The van der Waals surface area contributed by atoms with E-state index in [9.17, 15) is 4.79 Å². The smallest absolute Gasteiger partial charge is 0.258 e. The van der Waals surface area contributed by atoms with Gasteiger partial charge in [-0.15, -0.1) is 0 Å². The molecule has 4 bridgehead atoms. The zero-order valence-corrected chi connectivity index (χ0v) is 22.5. The van der Waals surface area contributed by atoms with Crippen LogP contribution >= 0.6 is 0 Å². The lowest BCUT2D eigenvalue weighted by molar-refractivity contribution is -0.0120. The first kappa shape index (κ1) is 24.7. The average Bonchev–Trinajstić information content (AvgIpc) is 3.26. The maximum absolute atomic E-state index is 13.7. The molecule has 1 aromatic heterocycles. The average molecular weight is 498 g/mol. The van der Waals surface area contributed by atoms with Gasteiger partial charge < -0.3 is 15.4 Å². The van der Waals surface area contributed by atoms with E-state index in [1.165, 1.54) is 64.2 Å². The fourth-order valence-electron chi connectivity index (χ4n) is 8.64. The number of nitrogens with one attached hydrogen (secondary N) is 2. The van der Waals surface area contributed by atoms with Crippen LogP contribution in [0.25, 0.3) is 0 Å². The maximum atomic E-state index is 13.7. The van der Waals surface area contributed by atoms with Crippen molar-refractivity contribution in [1.29, 1.82) is 0 Å². The highest BCUT2D eigenvalue weighted by Crippen LogP contribution is 2.53. The van der Waals surface area contributed by atoms with Crippen LogP contribution in [0, 0.1) is 29.6 Å². The minimum absolute atomic E-state index is 0.0294. The van der Waals surface area contributed by atoms with Crippen molar-refractivity contribution in [2.24, 2.45) is 29.6 Å². The number of carbonyl (C=O) groups excluding carboxylic acids is 1. The molecule has 1 amide bonds. The Hall–Kier alpha value is -1.60. The summed E-state index contributed by atoms with van der Waals surface area (Å²) >= 11 is 0. The van der Waals surface area contributed by atoms with Crippen molar-refractivity contribution >= 4 is 5.91 Å². The van der Waals surface area contributed by atoms with Crippen LogP contribution in [0.4, 0.5) is 0 Å². The first-order valence-corrected chi connectivity index (χ1v) is 15.0. The van der Waals surface area contributed by atoms with Gasteiger partial charge in [-0.25, -0.2) is 4.68 Å². The van der Waals surface area contributed by atoms with Gasteiger partial charge in [0.25, 0.3) is 5.91 Å². The molecule has 0 spiro atoms. The van der Waals surface area contributed by atoms with Crippen molar-refractivity contribution in [3.8, 4) is 5.88 Å². The van der Waals surface area contributed by atoms with Crippen LogP contribution in [0.15, 0.2) is 6.20 Å². The number of nitrogens with zero attached hydrogens (tertiary/aromatic N) is 3. The van der Waals surface area contributed by atoms with Gasteiger partial charge in [0.05, 0.1) is 19.3 Å². The van der Waals surface area contributed by atoms with Crippen molar-refractivity contribution in [2.75, 3.05) is 26.2 Å². The SMILES string of the molecule is C[C@@H]1CN(CCn2ncc(C(=O)NC3C4CC5CC(C4)CC3C5)c2OCC2CCCCC2)C[C@H](C)N1. The number of carbonyl (C=O) groups is 1. The van der Waals surface area contributed by atoms with Crippen LogP contribution in [0.5, 0.6) is 5.88 Å². The molecule has 1 aromatic rings. The van der Waals surface area contributed by atoms with Gasteiger partial charge in [-0.2, -0.15) is 5.10 Å². The summed E-state index contributed by atoms with van der Waals surface area (Å²) in [6.45, 7) is 8.97. The van der Waals surface area contributed by atoms with Gasteiger partial charge in [0.15, 0.2) is 0 Å². The molecule has 0 radical (unpaired) electrons. The molecular formula is C29H47N5O2. The largest absolute Gasteiger partial charge is 0.477 e. The second kappa shape index (κ2) is 10.6. The van der Waals surface area contributed by atoms with E-state index in [1.54, 1.807) is 6.20 Å². The maximum Gasteiger partial charge on any atom is 0.258 e. The fourth-order valence-corrected chi connectivity index (χ4v) is 8.64. The molecule has 7 rings (SSSR count). The number of rotatable bonds is 8. The predicted molar refractivity (Wildman–Crippen MR) is 141 cm³/mol. The van der Waals surface area contributed by atoms with Crippen LogP contribution in [-0.4, -0.2) is 65.0 Å². The van der Waals surface area contributed by atoms with Gasteiger partial charge in [0.2, 0.25) is 5.88 Å². The van der Waals surface area contributed by atoms with E-state index < -0.39 is 0 Å². The van der Waals surface area contributed by atoms with Crippen molar-refractivity contribution in [3.05, 3.63) is 11.8 Å². The van der Waals surface area contributed by atoms with E-state index in [0.29, 0.717) is 53.9 Å². The van der Waals surface area contributed by atoms with E-state index in [0.717, 1.165) is 38.0 Å². The zero-order valence-electron chi connectivity index (χ0n) is 22.5. The fraction of sp³-hybridized carbons (Fsp3) is 0.862. The molecule has 5 aliphatic carbocycles. The predicted octanol–water partition coefficient (Wildman–Crippen LogP) is 4.08. The Bertz CT molecular complexity index is 871. The van der Waals surface area contributed by atoms with Gasteiger partial charge in [-0.1, -0.05) is 19.3 Å². The minimum Gasteiger partial charge on any atom is -0.477 e. The number of hydrogen-bond acceptors (Lipinski definition) is 5. The first-order chi connectivity index (χ1) is 17.5. The van der Waals surface area contributed by atoms with Crippen LogP contribution in [0.2, 0.25) is 0 Å². The van der Waals surface area contributed by atoms with Crippen LogP contribution in [-0.2, 0) is 6.54 Å². The Morgan fingerprint density at radius 3 is 2.33 bits per heavy atom. The summed E-state index contributed by atoms with van der Waals surface area (Å²) in [5.74, 6) is 4.48. The molecular weight excluding hydrogens is 450 g/mol. The monoisotopic (exact) mass is 497 g/mol. The molecule has 1 saturated heterocycles. The van der Waals surface area contributed by atoms with Crippen molar-refractivity contribution in [1.82, 2.24) is 25.3 Å². The number of amides is 1. The summed E-state index contributed by atoms with van der Waals surface area (Å²) in [5, 5.41) is 11.8. The molecule has 1 aliphatic heterocycles. The Morgan fingerprint density at radius 1 is 1.00 bits per heavy atom. The quantitative estimate of drug-likeness (QED) is 0.566. The Morgan fingerprint density at radius 2 is 1.67 bits per heavy atom. The second-order valence-corrected chi connectivity index (χ2v) is 13.1. The summed E-state index contributed by atoms with van der Waals surface area (Å²) in [4.78, 5) is 16.2. The molecule has 7 heteroatoms. The van der Waals surface area contributed by atoms with E-state index in [4.69, 9.17) is 9.84 Å². The lowest BCUT2D eigenvalue weighted by Crippen LogP contribution is -2.55. The van der Waals surface area contributed by atoms with Gasteiger partial charge in [-0.05, 0) is 88.4 Å². The number of aromatic nitrogens is 2. The van der Waals surface area contributed by atoms with Gasteiger partial charge in [0, 0.05) is 37.8 Å². The molecule has 5 saturated carbocycles. The molecule has 7 nitrogen and oxygen atoms in total. The van der Waals surface area contributed by atoms with Gasteiger partial charge in [-0.3, -0.25) is 9.69 Å². The number of ether oxygens (including phenoxy) is 1. The summed E-state index contributed by atoms with van der Waals surface area (Å²) in [6.07, 6.45) is 14.9. The van der Waals surface area contributed by atoms with Crippen molar-refractivity contribution in [2.45, 2.75) is 103 Å². The lowest BCUT2D eigenvalue weighted by Gasteiger charge is -2.54. The molecule has 0 aromatic carbocycles. The Balaban J connectivity index is 1.15. The topological polar surface area (TPSA) is 71.4 Å². The van der Waals surface area contributed by atoms with Crippen molar-refractivity contribution in [3.63, 3.8) is 0 Å². The molecule has 2 atom stereocenters. The molecule has 2 heterocycles. The molecule has 0 unspecified atom stereocenters. The van der Waals surface area contributed by atoms with Crippen LogP contribution in [0.3, 0.4) is 0 Å². The van der Waals surface area contributed by atoms with Crippen molar-refractivity contribution < 1.29 is 9.53 Å². The van der Waals surface area contributed by atoms with Gasteiger partial charge in [0.1, 0.15) is 5.56 Å². The summed E-state index contributed by atoms with van der Waals surface area (Å²) in [5.41, 5.74) is 0.640. The second-order valence-electron chi connectivity index (χ2n) is 13.1. The third kappa shape index (κ3) is 5.33. The van der Waals surface area contributed by atoms with Crippen LogP contribution in [0.1, 0.15) is 88.4 Å². The Labute approximate surface area is 217 Å². The third-order valence-electron chi connectivity index (χ3n) is 10.0. The molecule has 36 heavy (non-hydrogen) atoms. The summed E-state index contributed by atoms with van der Waals surface area (Å²) < 4.78 is 8.43. The molecule has 200 valence electrons. The van der Waals surface area contributed by atoms with Crippen LogP contribution < -0.4 is 15.4 Å². The van der Waals surface area contributed by atoms with Gasteiger partial charge >= 0.3 is 0 Å². The van der Waals surface area contributed by atoms with E-state index in [2.05, 4.69) is 29.4 Å². The first-order valence-electron chi connectivity index (χ1n) is 15.0. The number of piperazine rings is 1. The van der Waals surface area contributed by atoms with E-state index in [-0.39, 0.29) is 5.91 Å². The Kier molecular flexibility index (Phi) is 7.31. The van der Waals surface area contributed by atoms with E-state index >= 15 is 0 Å². The highest BCUT2D eigenvalue weighted by Gasteiger charge is 2.48. The number of hydrogen-bond donors (Lipinski definition) is 2. The molecule has 6 aliphatic rings. The minimum atomic E-state index is 0.0294. The normalized spacial score (nSPS) is 36.8. The van der Waals surface area contributed by atoms with E-state index in [1.807, 2.05) is 4.68 Å². The summed E-state index contributed by atoms with van der Waals surface area (Å²) in [6, 6.07) is 1.33. The lowest BCUT2D eigenvalue weighted by atomic mass is 9.54. The molecule has 2 N–H and O–H groups in total. The zero-order chi connectivity index (χ0) is 24.6. The standard InChI is InChI=1S/C29H47N5O2/c1-19-16-33(17-20(2)31-19)8-9-34-29(36-18-21-6-4-3-5-7-21)26(15-30-34)28(35)32-27-24-11-22-10-23(13-24)14-25(27)12-22/h15,19-25,27,31H,3-14,16-18H2,1-2H3,(H,32,35)/t19-,20+,22?,23?,24?,25?,27?.